The van der Waals surface area contributed by atoms with E-state index in [0.29, 0.717) is 0 Å². The van der Waals surface area contributed by atoms with Gasteiger partial charge in [-0.25, -0.2) is 4.39 Å². The lowest BCUT2D eigenvalue weighted by Gasteiger charge is -1.98. The van der Waals surface area contributed by atoms with Crippen LogP contribution in [0.25, 0.3) is 11.3 Å². The number of hydrogen-bond acceptors (Lipinski definition) is 1. The van der Waals surface area contributed by atoms with Crippen molar-refractivity contribution < 1.29 is 4.39 Å². The lowest BCUT2D eigenvalue weighted by molar-refractivity contribution is 0.628. The highest BCUT2D eigenvalue weighted by Crippen LogP contribution is 2.30. The Bertz CT molecular complexity index is 520. The maximum absolute atomic E-state index is 13.1. The summed E-state index contributed by atoms with van der Waals surface area (Å²) in [7, 11) is 1.90. The van der Waals surface area contributed by atoms with Crippen LogP contribution >= 0.6 is 15.9 Å². The summed E-state index contributed by atoms with van der Waals surface area (Å²) in [6.45, 7) is 2.07. The summed E-state index contributed by atoms with van der Waals surface area (Å²) in [5.41, 5.74) is 2.69. The highest BCUT2D eigenvalue weighted by Gasteiger charge is 2.14. The molecule has 16 heavy (non-hydrogen) atoms. The summed E-state index contributed by atoms with van der Waals surface area (Å²) in [4.78, 5) is 0. The van der Waals surface area contributed by atoms with E-state index in [-0.39, 0.29) is 5.82 Å². The first kappa shape index (κ1) is 11.3. The summed E-state index contributed by atoms with van der Waals surface area (Å²) >= 11 is 3.52. The van der Waals surface area contributed by atoms with Crippen molar-refractivity contribution in [1.29, 1.82) is 0 Å². The average molecular weight is 283 g/mol. The lowest BCUT2D eigenvalue weighted by Crippen LogP contribution is -1.96. The first-order valence-electron chi connectivity index (χ1n) is 5.10. The summed E-state index contributed by atoms with van der Waals surface area (Å²) < 4.78 is 15.9. The van der Waals surface area contributed by atoms with Gasteiger partial charge in [-0.3, -0.25) is 4.68 Å². The van der Waals surface area contributed by atoms with E-state index in [1.54, 1.807) is 6.07 Å². The molecule has 0 radical (unpaired) electrons. The molecular weight excluding hydrogens is 271 g/mol. The minimum Gasteiger partial charge on any atom is -0.271 e. The van der Waals surface area contributed by atoms with Crippen molar-refractivity contribution in [2.24, 2.45) is 7.05 Å². The number of rotatable bonds is 2. The molecule has 0 saturated heterocycles. The fourth-order valence-corrected chi connectivity index (χ4v) is 2.58. The minimum absolute atomic E-state index is 0.242. The molecule has 1 heterocycles. The molecular formula is C12H12BrFN2. The van der Waals surface area contributed by atoms with E-state index in [2.05, 4.69) is 28.0 Å². The smallest absolute Gasteiger partial charge is 0.123 e. The van der Waals surface area contributed by atoms with Crippen LogP contribution in [0.1, 0.15) is 12.6 Å². The van der Waals surface area contributed by atoms with Gasteiger partial charge >= 0.3 is 0 Å². The molecule has 2 rings (SSSR count). The van der Waals surface area contributed by atoms with Crippen LogP contribution in [-0.2, 0) is 13.5 Å². The molecule has 0 aliphatic heterocycles. The fourth-order valence-electron chi connectivity index (χ4n) is 1.74. The molecule has 0 spiro atoms. The molecule has 0 atom stereocenters. The molecule has 0 aliphatic rings. The van der Waals surface area contributed by atoms with E-state index in [1.165, 1.54) is 12.1 Å². The topological polar surface area (TPSA) is 17.8 Å². The average Bonchev–Trinajstić information content (AvgIpc) is 2.54. The Kier molecular flexibility index (Phi) is 3.10. The number of hydrogen-bond donors (Lipinski definition) is 0. The Hall–Kier alpha value is -1.16. The van der Waals surface area contributed by atoms with Crippen LogP contribution in [0.2, 0.25) is 0 Å². The largest absolute Gasteiger partial charge is 0.271 e. The van der Waals surface area contributed by atoms with Gasteiger partial charge in [-0.15, -0.1) is 0 Å². The third kappa shape index (κ3) is 1.89. The molecule has 1 aromatic carbocycles. The molecule has 1 aromatic heterocycles. The van der Waals surface area contributed by atoms with Gasteiger partial charge < -0.3 is 0 Å². The SMILES string of the molecule is CCc1c(Br)c(-c2cccc(F)c2)nn1C. The van der Waals surface area contributed by atoms with Crippen LogP contribution in [0.3, 0.4) is 0 Å². The molecule has 0 amide bonds. The lowest BCUT2D eigenvalue weighted by atomic mass is 10.1. The van der Waals surface area contributed by atoms with Crippen molar-refractivity contribution in [3.8, 4) is 11.3 Å². The van der Waals surface area contributed by atoms with Crippen molar-refractivity contribution in [2.75, 3.05) is 0 Å². The first-order chi connectivity index (χ1) is 7.63. The highest BCUT2D eigenvalue weighted by atomic mass is 79.9. The van der Waals surface area contributed by atoms with Crippen molar-refractivity contribution in [2.45, 2.75) is 13.3 Å². The molecule has 0 bridgehead atoms. The van der Waals surface area contributed by atoms with E-state index < -0.39 is 0 Å². The number of benzene rings is 1. The Morgan fingerprint density at radius 1 is 1.44 bits per heavy atom. The Morgan fingerprint density at radius 2 is 2.19 bits per heavy atom. The number of nitrogens with zero attached hydrogens (tertiary/aromatic N) is 2. The van der Waals surface area contributed by atoms with E-state index in [4.69, 9.17) is 0 Å². The second-order valence-electron chi connectivity index (χ2n) is 3.60. The number of aromatic nitrogens is 2. The van der Waals surface area contributed by atoms with Gasteiger partial charge in [0.05, 0.1) is 10.2 Å². The summed E-state index contributed by atoms with van der Waals surface area (Å²) in [6, 6.07) is 6.47. The summed E-state index contributed by atoms with van der Waals surface area (Å²) in [6.07, 6.45) is 0.888. The van der Waals surface area contributed by atoms with Crippen molar-refractivity contribution >= 4 is 15.9 Å². The second kappa shape index (κ2) is 4.37. The molecule has 0 aliphatic carbocycles. The fraction of sp³-hybridized carbons (Fsp3) is 0.250. The third-order valence-corrected chi connectivity index (χ3v) is 3.37. The number of aryl methyl sites for hydroxylation is 1. The van der Waals surface area contributed by atoms with E-state index >= 15 is 0 Å². The van der Waals surface area contributed by atoms with Gasteiger partial charge in [-0.05, 0) is 34.5 Å². The maximum atomic E-state index is 13.1. The third-order valence-electron chi connectivity index (χ3n) is 2.53. The van der Waals surface area contributed by atoms with Gasteiger partial charge in [0.15, 0.2) is 0 Å². The zero-order valence-electron chi connectivity index (χ0n) is 9.17. The van der Waals surface area contributed by atoms with Gasteiger partial charge in [0.25, 0.3) is 0 Å². The quantitative estimate of drug-likeness (QED) is 0.824. The molecule has 84 valence electrons. The molecule has 2 aromatic rings. The molecule has 4 heteroatoms. The summed E-state index contributed by atoms with van der Waals surface area (Å²) in [5, 5.41) is 4.40. The standard InChI is InChI=1S/C12H12BrFN2/c1-3-10-11(13)12(15-16(10)2)8-5-4-6-9(14)7-8/h4-7H,3H2,1-2H3. The zero-order chi connectivity index (χ0) is 11.7. The zero-order valence-corrected chi connectivity index (χ0v) is 10.8. The van der Waals surface area contributed by atoms with Crippen LogP contribution < -0.4 is 0 Å². The van der Waals surface area contributed by atoms with E-state index in [9.17, 15) is 4.39 Å². The van der Waals surface area contributed by atoms with Crippen molar-refractivity contribution in [3.05, 3.63) is 40.2 Å². The van der Waals surface area contributed by atoms with Gasteiger partial charge in [0.1, 0.15) is 11.5 Å². The van der Waals surface area contributed by atoms with Gasteiger partial charge in [0.2, 0.25) is 0 Å². The van der Waals surface area contributed by atoms with Gasteiger partial charge in [-0.1, -0.05) is 19.1 Å². The molecule has 2 nitrogen and oxygen atoms in total. The highest BCUT2D eigenvalue weighted by molar-refractivity contribution is 9.10. The molecule has 0 fully saturated rings. The van der Waals surface area contributed by atoms with Crippen LogP contribution in [0.4, 0.5) is 4.39 Å². The van der Waals surface area contributed by atoms with Gasteiger partial charge in [0, 0.05) is 12.6 Å². The van der Waals surface area contributed by atoms with Crippen LogP contribution in [0.5, 0.6) is 0 Å². The van der Waals surface area contributed by atoms with Crippen LogP contribution in [0, 0.1) is 5.82 Å². The predicted octanol–water partition coefficient (Wildman–Crippen LogP) is 3.55. The Morgan fingerprint density at radius 3 is 2.75 bits per heavy atom. The predicted molar refractivity (Wildman–Crippen MR) is 65.7 cm³/mol. The second-order valence-corrected chi connectivity index (χ2v) is 4.39. The monoisotopic (exact) mass is 282 g/mol. The Labute approximate surface area is 102 Å². The maximum Gasteiger partial charge on any atom is 0.123 e. The van der Waals surface area contributed by atoms with Gasteiger partial charge in [-0.2, -0.15) is 5.10 Å². The molecule has 0 N–H and O–H groups in total. The number of halogens is 2. The Balaban J connectivity index is 2.56. The van der Waals surface area contributed by atoms with Crippen LogP contribution in [0.15, 0.2) is 28.7 Å². The summed E-state index contributed by atoms with van der Waals surface area (Å²) in [5.74, 6) is -0.242. The first-order valence-corrected chi connectivity index (χ1v) is 5.90. The van der Waals surface area contributed by atoms with E-state index in [1.807, 2.05) is 17.8 Å². The molecule has 0 saturated carbocycles. The van der Waals surface area contributed by atoms with Crippen molar-refractivity contribution in [3.63, 3.8) is 0 Å². The molecule has 0 unspecified atom stereocenters. The minimum atomic E-state index is -0.242. The van der Waals surface area contributed by atoms with E-state index in [0.717, 1.165) is 27.8 Å². The normalized spacial score (nSPS) is 10.8. The van der Waals surface area contributed by atoms with Crippen molar-refractivity contribution in [1.82, 2.24) is 9.78 Å². The van der Waals surface area contributed by atoms with Crippen LogP contribution in [-0.4, -0.2) is 9.78 Å².